The number of allylic oxidation sites excluding steroid dienone is 1. The maximum absolute atomic E-state index is 13.2. The van der Waals surface area contributed by atoms with Crippen molar-refractivity contribution < 1.29 is 20.1 Å². The first kappa shape index (κ1) is 18.6. The van der Waals surface area contributed by atoms with E-state index in [4.69, 9.17) is 0 Å². The molecule has 3 rings (SSSR count). The van der Waals surface area contributed by atoms with Crippen LogP contribution in [0.1, 0.15) is 43.5 Å². The first-order valence-electron chi connectivity index (χ1n) is 9.04. The molecule has 0 saturated heterocycles. The number of carbonyl (C=O) groups is 1. The van der Waals surface area contributed by atoms with Crippen molar-refractivity contribution in [3.05, 3.63) is 47.5 Å². The zero-order valence-corrected chi connectivity index (χ0v) is 15.5. The van der Waals surface area contributed by atoms with Crippen LogP contribution in [-0.4, -0.2) is 27.8 Å². The normalized spacial score (nSPS) is 13.6. The number of phenolic OH excluding ortho intramolecular Hbond substituents is 3. The number of phenols is 3. The van der Waals surface area contributed by atoms with E-state index in [9.17, 15) is 20.1 Å². The molecule has 2 aromatic rings. The maximum Gasteiger partial charge on any atom is 0.260 e. The van der Waals surface area contributed by atoms with E-state index in [-0.39, 0.29) is 34.5 Å². The Labute approximate surface area is 158 Å². The molecular weight excluding hydrogens is 344 g/mol. The Morgan fingerprint density at radius 2 is 1.93 bits per heavy atom. The van der Waals surface area contributed by atoms with Crippen LogP contribution in [0.15, 0.2) is 42.0 Å². The quantitative estimate of drug-likeness (QED) is 0.350. The number of para-hydroxylation sites is 1. The van der Waals surface area contributed by atoms with Gasteiger partial charge in [-0.05, 0) is 31.9 Å². The van der Waals surface area contributed by atoms with E-state index in [1.165, 1.54) is 28.7 Å². The van der Waals surface area contributed by atoms with Crippen LogP contribution in [0, 0.1) is 0 Å². The Hall–Kier alpha value is -3.15. The molecule has 1 heterocycles. The van der Waals surface area contributed by atoms with Crippen molar-refractivity contribution in [3.8, 4) is 17.2 Å². The zero-order chi connectivity index (χ0) is 19.6. The van der Waals surface area contributed by atoms with Crippen LogP contribution in [0.25, 0.3) is 0 Å². The molecule has 0 unspecified atom stereocenters. The van der Waals surface area contributed by atoms with Gasteiger partial charge in [0.2, 0.25) is 0 Å². The summed E-state index contributed by atoms with van der Waals surface area (Å²) in [6.45, 7) is 4.44. The minimum atomic E-state index is -0.323. The molecule has 4 N–H and O–H groups in total. The van der Waals surface area contributed by atoms with Crippen molar-refractivity contribution >= 4 is 23.0 Å². The van der Waals surface area contributed by atoms with E-state index < -0.39 is 0 Å². The molecular formula is C21H24N2O4. The number of anilines is 3. The second-order valence-corrected chi connectivity index (χ2v) is 6.75. The smallest absolute Gasteiger partial charge is 0.260 e. The number of rotatable bonds is 5. The van der Waals surface area contributed by atoms with Crippen molar-refractivity contribution in [1.82, 2.24) is 0 Å². The van der Waals surface area contributed by atoms with Crippen LogP contribution < -0.4 is 10.2 Å². The van der Waals surface area contributed by atoms with Gasteiger partial charge in [-0.1, -0.05) is 31.1 Å². The van der Waals surface area contributed by atoms with Crippen molar-refractivity contribution in [2.45, 2.75) is 33.1 Å². The lowest BCUT2D eigenvalue weighted by atomic mass is 10.1. The van der Waals surface area contributed by atoms with Gasteiger partial charge in [-0.25, -0.2) is 0 Å². The van der Waals surface area contributed by atoms with E-state index in [2.05, 4.69) is 12.2 Å². The van der Waals surface area contributed by atoms with Crippen LogP contribution in [0.3, 0.4) is 0 Å². The van der Waals surface area contributed by atoms with Gasteiger partial charge in [0.25, 0.3) is 5.91 Å². The fourth-order valence-corrected chi connectivity index (χ4v) is 3.15. The first-order valence-corrected chi connectivity index (χ1v) is 9.04. The molecule has 142 valence electrons. The summed E-state index contributed by atoms with van der Waals surface area (Å²) in [5.41, 5.74) is 2.32. The van der Waals surface area contributed by atoms with Crippen molar-refractivity contribution in [1.29, 1.82) is 0 Å². The Bertz CT molecular complexity index is 905. The number of amides is 1. The molecule has 0 bridgehead atoms. The van der Waals surface area contributed by atoms with E-state index in [1.54, 1.807) is 12.1 Å². The Kier molecular flexibility index (Phi) is 5.26. The fourth-order valence-electron chi connectivity index (χ4n) is 3.15. The summed E-state index contributed by atoms with van der Waals surface area (Å²) in [6, 6.07) is 7.32. The van der Waals surface area contributed by atoms with Crippen LogP contribution in [0.4, 0.5) is 17.1 Å². The van der Waals surface area contributed by atoms with E-state index in [0.29, 0.717) is 17.8 Å². The minimum Gasteiger partial charge on any atom is -0.508 e. The highest BCUT2D eigenvalue weighted by Crippen LogP contribution is 2.45. The number of hydrogen-bond acceptors (Lipinski definition) is 5. The van der Waals surface area contributed by atoms with Crippen LogP contribution >= 0.6 is 0 Å². The van der Waals surface area contributed by atoms with Crippen molar-refractivity contribution in [2.24, 2.45) is 0 Å². The highest BCUT2D eigenvalue weighted by molar-refractivity contribution is 6.15. The number of unbranched alkanes of at least 4 members (excludes halogenated alkanes) is 1. The number of aromatic hydroxyl groups is 3. The lowest BCUT2D eigenvalue weighted by Crippen LogP contribution is -2.30. The van der Waals surface area contributed by atoms with Crippen LogP contribution in [0.5, 0.6) is 17.2 Å². The van der Waals surface area contributed by atoms with Crippen molar-refractivity contribution in [3.63, 3.8) is 0 Å². The zero-order valence-electron chi connectivity index (χ0n) is 15.5. The molecule has 0 fully saturated rings. The summed E-state index contributed by atoms with van der Waals surface area (Å²) in [7, 11) is 0. The summed E-state index contributed by atoms with van der Waals surface area (Å²) >= 11 is 0. The number of benzene rings is 2. The first-order chi connectivity index (χ1) is 12.9. The highest BCUT2D eigenvalue weighted by atomic mass is 16.3. The SMILES string of the molecule is CCCC/C(C)=C/CN1C(=O)c2cccc(O)c2Nc2c(O)cc(O)cc21. The summed E-state index contributed by atoms with van der Waals surface area (Å²) in [4.78, 5) is 14.7. The monoisotopic (exact) mass is 368 g/mol. The topological polar surface area (TPSA) is 93.0 Å². The molecule has 1 amide bonds. The number of nitrogens with zero attached hydrogens (tertiary/aromatic N) is 1. The third kappa shape index (κ3) is 3.69. The molecule has 2 aromatic carbocycles. The van der Waals surface area contributed by atoms with Gasteiger partial charge in [-0.2, -0.15) is 0 Å². The van der Waals surface area contributed by atoms with E-state index in [1.807, 2.05) is 13.0 Å². The van der Waals surface area contributed by atoms with Crippen LogP contribution in [-0.2, 0) is 0 Å². The van der Waals surface area contributed by atoms with Gasteiger partial charge in [-0.3, -0.25) is 4.79 Å². The van der Waals surface area contributed by atoms with Crippen molar-refractivity contribution in [2.75, 3.05) is 16.8 Å². The standard InChI is InChI=1S/C21H24N2O4/c1-3-4-6-13(2)9-10-23-16-11-14(24)12-18(26)20(16)22-19-15(21(23)27)7-5-8-17(19)25/h5,7-9,11-12,22,24-26H,3-4,6,10H2,1-2H3/b13-9+. The number of carbonyl (C=O) groups excluding carboxylic acids is 1. The van der Waals surface area contributed by atoms with E-state index >= 15 is 0 Å². The lowest BCUT2D eigenvalue weighted by molar-refractivity contribution is 0.0991. The summed E-state index contributed by atoms with van der Waals surface area (Å²) in [5.74, 6) is -0.759. The molecule has 6 heteroatoms. The van der Waals surface area contributed by atoms with Gasteiger partial charge in [0, 0.05) is 18.7 Å². The molecule has 27 heavy (non-hydrogen) atoms. The highest BCUT2D eigenvalue weighted by Gasteiger charge is 2.29. The second-order valence-electron chi connectivity index (χ2n) is 6.75. The molecule has 0 aliphatic carbocycles. The molecule has 0 saturated carbocycles. The van der Waals surface area contributed by atoms with Gasteiger partial charge < -0.3 is 25.5 Å². The molecule has 6 nitrogen and oxygen atoms in total. The lowest BCUT2D eigenvalue weighted by Gasteiger charge is -2.22. The summed E-state index contributed by atoms with van der Waals surface area (Å²) in [5, 5.41) is 33.4. The molecule has 0 atom stereocenters. The molecule has 0 aromatic heterocycles. The van der Waals surface area contributed by atoms with Gasteiger partial charge in [0.1, 0.15) is 22.9 Å². The molecule has 0 radical (unpaired) electrons. The van der Waals surface area contributed by atoms with Gasteiger partial charge in [-0.15, -0.1) is 0 Å². The third-order valence-corrected chi connectivity index (χ3v) is 4.69. The molecule has 1 aliphatic heterocycles. The summed E-state index contributed by atoms with van der Waals surface area (Å²) in [6.07, 6.45) is 5.10. The average Bonchev–Trinajstić information content (AvgIpc) is 2.74. The van der Waals surface area contributed by atoms with E-state index in [0.717, 1.165) is 19.3 Å². The van der Waals surface area contributed by atoms with Gasteiger partial charge in [0.15, 0.2) is 0 Å². The average molecular weight is 368 g/mol. The molecule has 0 spiro atoms. The fraction of sp³-hybridized carbons (Fsp3) is 0.286. The molecule has 1 aliphatic rings. The van der Waals surface area contributed by atoms with Gasteiger partial charge in [0.05, 0.1) is 16.9 Å². The summed E-state index contributed by atoms with van der Waals surface area (Å²) < 4.78 is 0. The minimum absolute atomic E-state index is 0.0872. The largest absolute Gasteiger partial charge is 0.508 e. The second kappa shape index (κ2) is 7.61. The predicted molar refractivity (Wildman–Crippen MR) is 106 cm³/mol. The number of fused-ring (bicyclic) bond motifs is 2. The number of hydrogen-bond donors (Lipinski definition) is 4. The number of nitrogens with one attached hydrogen (secondary N) is 1. The Morgan fingerprint density at radius 1 is 1.15 bits per heavy atom. The van der Waals surface area contributed by atoms with Gasteiger partial charge >= 0.3 is 0 Å². The van der Waals surface area contributed by atoms with Crippen LogP contribution in [0.2, 0.25) is 0 Å². The Balaban J connectivity index is 2.10. The maximum atomic E-state index is 13.2. The predicted octanol–water partition coefficient (Wildman–Crippen LogP) is 4.64. The third-order valence-electron chi connectivity index (χ3n) is 4.69. The Morgan fingerprint density at radius 3 is 2.67 bits per heavy atom.